The monoisotopic (exact) mass is 425 g/mol. The summed E-state index contributed by atoms with van der Waals surface area (Å²) in [6.45, 7) is 2.47. The van der Waals surface area contributed by atoms with Crippen molar-refractivity contribution in [3.05, 3.63) is 58.1 Å². The predicted octanol–water partition coefficient (Wildman–Crippen LogP) is 4.46. The molecule has 1 aliphatic heterocycles. The minimum absolute atomic E-state index is 0.0531. The Labute approximate surface area is 177 Å². The van der Waals surface area contributed by atoms with Gasteiger partial charge in [0.25, 0.3) is 5.69 Å². The maximum atomic E-state index is 11.4. The molecule has 2 heterocycles. The van der Waals surface area contributed by atoms with Crippen LogP contribution in [0.2, 0.25) is 0 Å². The molecule has 4 rings (SSSR count). The standard InChI is InChI=1S/C20H19N5O4S/c1-3-10-28-16-9-8-12(25(26)27)11-14(16)18-21-15-7-5-4-6-13(15)17-19(29-18)22-20(30-2)24-23-17/h4-9,11,18,21H,3,10H2,1-2H3/t18-/m1/s1. The molecule has 0 radical (unpaired) electrons. The number of fused-ring (bicyclic) bond motifs is 3. The van der Waals surface area contributed by atoms with Gasteiger partial charge >= 0.3 is 0 Å². The first-order valence-corrected chi connectivity index (χ1v) is 10.6. The summed E-state index contributed by atoms with van der Waals surface area (Å²) >= 11 is 1.35. The van der Waals surface area contributed by atoms with Crippen LogP contribution in [-0.2, 0) is 0 Å². The van der Waals surface area contributed by atoms with Crippen molar-refractivity contribution < 1.29 is 14.4 Å². The first-order chi connectivity index (χ1) is 14.6. The van der Waals surface area contributed by atoms with E-state index in [4.69, 9.17) is 9.47 Å². The lowest BCUT2D eigenvalue weighted by Crippen LogP contribution is -2.18. The van der Waals surface area contributed by atoms with Crippen LogP contribution in [0.15, 0.2) is 47.6 Å². The van der Waals surface area contributed by atoms with Gasteiger partial charge in [0.05, 0.1) is 17.1 Å². The summed E-state index contributed by atoms with van der Waals surface area (Å²) < 4.78 is 12.0. The largest absolute Gasteiger partial charge is 0.493 e. The first kappa shape index (κ1) is 19.9. The predicted molar refractivity (Wildman–Crippen MR) is 113 cm³/mol. The molecule has 1 atom stereocenters. The molecule has 9 nitrogen and oxygen atoms in total. The van der Waals surface area contributed by atoms with Crippen LogP contribution in [0.25, 0.3) is 11.3 Å². The lowest BCUT2D eigenvalue weighted by atomic mass is 10.1. The molecule has 0 aliphatic carbocycles. The summed E-state index contributed by atoms with van der Waals surface area (Å²) in [5.74, 6) is 0.803. The lowest BCUT2D eigenvalue weighted by Gasteiger charge is -2.21. The Balaban J connectivity index is 1.85. The van der Waals surface area contributed by atoms with Gasteiger partial charge in [-0.15, -0.1) is 10.2 Å². The van der Waals surface area contributed by atoms with E-state index in [0.29, 0.717) is 34.7 Å². The van der Waals surface area contributed by atoms with E-state index >= 15 is 0 Å². The van der Waals surface area contributed by atoms with E-state index in [1.54, 1.807) is 6.07 Å². The second-order valence-electron chi connectivity index (χ2n) is 6.47. The molecule has 0 saturated carbocycles. The normalized spacial score (nSPS) is 14.5. The van der Waals surface area contributed by atoms with Gasteiger partial charge in [0.1, 0.15) is 5.75 Å². The van der Waals surface area contributed by atoms with E-state index in [1.807, 2.05) is 37.4 Å². The average molecular weight is 425 g/mol. The molecule has 10 heteroatoms. The molecule has 30 heavy (non-hydrogen) atoms. The van der Waals surface area contributed by atoms with Crippen LogP contribution in [0.1, 0.15) is 25.1 Å². The van der Waals surface area contributed by atoms with Gasteiger partial charge in [-0.25, -0.2) is 0 Å². The third-order valence-corrected chi connectivity index (χ3v) is 5.00. The molecule has 0 spiro atoms. The van der Waals surface area contributed by atoms with Crippen LogP contribution < -0.4 is 14.8 Å². The number of anilines is 1. The molecule has 0 fully saturated rings. The van der Waals surface area contributed by atoms with Crippen LogP contribution in [-0.4, -0.2) is 33.0 Å². The highest BCUT2D eigenvalue weighted by molar-refractivity contribution is 7.98. The van der Waals surface area contributed by atoms with E-state index in [9.17, 15) is 10.1 Å². The highest BCUT2D eigenvalue weighted by Gasteiger charge is 2.29. The number of ether oxygens (including phenoxy) is 2. The fraction of sp³-hybridized carbons (Fsp3) is 0.250. The Morgan fingerprint density at radius 1 is 1.27 bits per heavy atom. The van der Waals surface area contributed by atoms with Crippen molar-refractivity contribution in [2.75, 3.05) is 18.2 Å². The molecule has 1 N–H and O–H groups in total. The van der Waals surface area contributed by atoms with Crippen molar-refractivity contribution in [1.29, 1.82) is 0 Å². The van der Waals surface area contributed by atoms with Crippen LogP contribution in [0.3, 0.4) is 0 Å². The van der Waals surface area contributed by atoms with Gasteiger partial charge < -0.3 is 14.8 Å². The summed E-state index contributed by atoms with van der Waals surface area (Å²) in [5.41, 5.74) is 2.48. The SMILES string of the molecule is CCCOc1ccc([N+](=O)[O-])cc1[C@@H]1Nc2ccccc2-c2nnc(SC)nc2O1. The van der Waals surface area contributed by atoms with Crippen molar-refractivity contribution in [2.45, 2.75) is 24.7 Å². The zero-order valence-corrected chi connectivity index (χ0v) is 17.2. The van der Waals surface area contributed by atoms with Gasteiger partial charge in [0.15, 0.2) is 5.69 Å². The molecule has 0 amide bonds. The minimum Gasteiger partial charge on any atom is -0.493 e. The first-order valence-electron chi connectivity index (χ1n) is 9.33. The Bertz CT molecular complexity index is 1090. The van der Waals surface area contributed by atoms with E-state index in [0.717, 1.165) is 17.7 Å². The summed E-state index contributed by atoms with van der Waals surface area (Å²) in [6, 6.07) is 12.0. The van der Waals surface area contributed by atoms with Crippen molar-refractivity contribution in [1.82, 2.24) is 15.2 Å². The summed E-state index contributed by atoms with van der Waals surface area (Å²) in [7, 11) is 0. The Kier molecular flexibility index (Phi) is 5.66. The Hall–Kier alpha value is -3.40. The van der Waals surface area contributed by atoms with Gasteiger partial charge in [-0.3, -0.25) is 10.1 Å². The second-order valence-corrected chi connectivity index (χ2v) is 7.24. The molecule has 1 aliphatic rings. The number of nitrogens with zero attached hydrogens (tertiary/aromatic N) is 4. The van der Waals surface area contributed by atoms with Crippen molar-refractivity contribution in [3.63, 3.8) is 0 Å². The number of nitrogens with one attached hydrogen (secondary N) is 1. The smallest absolute Gasteiger partial charge is 0.270 e. The second kappa shape index (κ2) is 8.54. The van der Waals surface area contributed by atoms with E-state index < -0.39 is 11.2 Å². The van der Waals surface area contributed by atoms with Crippen LogP contribution in [0, 0.1) is 10.1 Å². The van der Waals surface area contributed by atoms with Gasteiger partial charge in [-0.2, -0.15) is 4.98 Å². The lowest BCUT2D eigenvalue weighted by molar-refractivity contribution is -0.385. The number of para-hydroxylation sites is 1. The third-order valence-electron chi connectivity index (χ3n) is 4.46. The fourth-order valence-electron chi connectivity index (χ4n) is 3.07. The summed E-state index contributed by atoms with van der Waals surface area (Å²) in [4.78, 5) is 15.4. The fourth-order valence-corrected chi connectivity index (χ4v) is 3.37. The molecule has 2 aromatic carbocycles. The van der Waals surface area contributed by atoms with Crippen LogP contribution >= 0.6 is 11.8 Å². The van der Waals surface area contributed by atoms with Crippen molar-refractivity contribution in [2.24, 2.45) is 0 Å². The number of hydrogen-bond donors (Lipinski definition) is 1. The molecular weight excluding hydrogens is 406 g/mol. The van der Waals surface area contributed by atoms with E-state index in [2.05, 4.69) is 20.5 Å². The quantitative estimate of drug-likeness (QED) is 0.347. The maximum Gasteiger partial charge on any atom is 0.270 e. The molecular formula is C20H19N5O4S. The van der Waals surface area contributed by atoms with Gasteiger partial charge in [-0.05, 0) is 24.8 Å². The third kappa shape index (κ3) is 3.86. The van der Waals surface area contributed by atoms with Crippen LogP contribution in [0.4, 0.5) is 11.4 Å². The Morgan fingerprint density at radius 2 is 2.10 bits per heavy atom. The minimum atomic E-state index is -0.773. The number of aromatic nitrogens is 3. The number of rotatable bonds is 6. The molecule has 3 aromatic rings. The van der Waals surface area contributed by atoms with E-state index in [1.165, 1.54) is 23.9 Å². The number of non-ortho nitro benzene ring substituents is 1. The highest BCUT2D eigenvalue weighted by atomic mass is 32.2. The van der Waals surface area contributed by atoms with Crippen molar-refractivity contribution in [3.8, 4) is 22.9 Å². The zero-order chi connectivity index (χ0) is 21.1. The molecule has 0 bridgehead atoms. The molecule has 0 saturated heterocycles. The van der Waals surface area contributed by atoms with Gasteiger partial charge in [0, 0.05) is 23.4 Å². The maximum absolute atomic E-state index is 11.4. The number of thioether (sulfide) groups is 1. The van der Waals surface area contributed by atoms with E-state index in [-0.39, 0.29) is 5.69 Å². The van der Waals surface area contributed by atoms with Crippen LogP contribution in [0.5, 0.6) is 11.6 Å². The number of nitro benzene ring substituents is 1. The number of benzene rings is 2. The summed E-state index contributed by atoms with van der Waals surface area (Å²) in [6.07, 6.45) is 1.88. The highest BCUT2D eigenvalue weighted by Crippen LogP contribution is 2.41. The average Bonchev–Trinajstić information content (AvgIpc) is 2.93. The number of nitro groups is 1. The molecule has 1 aromatic heterocycles. The van der Waals surface area contributed by atoms with Crippen molar-refractivity contribution >= 4 is 23.1 Å². The molecule has 0 unspecified atom stereocenters. The molecule has 154 valence electrons. The topological polar surface area (TPSA) is 112 Å². The van der Waals surface area contributed by atoms with Gasteiger partial charge in [0.2, 0.25) is 17.3 Å². The zero-order valence-electron chi connectivity index (χ0n) is 16.4. The number of hydrogen-bond acceptors (Lipinski definition) is 9. The summed E-state index contributed by atoms with van der Waals surface area (Å²) in [5, 5.41) is 23.6. The Morgan fingerprint density at radius 3 is 2.87 bits per heavy atom. The van der Waals surface area contributed by atoms with Gasteiger partial charge in [-0.1, -0.05) is 36.9 Å².